The van der Waals surface area contributed by atoms with Crippen LogP contribution in [0.1, 0.15) is 49.4 Å². The molecule has 0 aromatic heterocycles. The number of carbonyl (C=O) groups is 3. The maximum Gasteiger partial charge on any atom is 0.251 e. The van der Waals surface area contributed by atoms with Crippen LogP contribution < -0.4 is 10.6 Å². The fourth-order valence-corrected chi connectivity index (χ4v) is 3.52. The van der Waals surface area contributed by atoms with E-state index in [1.807, 2.05) is 6.07 Å². The van der Waals surface area contributed by atoms with Gasteiger partial charge in [0.05, 0.1) is 6.54 Å². The highest BCUT2D eigenvalue weighted by atomic mass is 79.9. The predicted octanol–water partition coefficient (Wildman–Crippen LogP) is 2.72. The summed E-state index contributed by atoms with van der Waals surface area (Å²) in [6.07, 6.45) is 4.61. The number of unbranched alkanes of at least 4 members (excludes halogenated alkanes) is 2. The molecule has 3 amide bonds. The summed E-state index contributed by atoms with van der Waals surface area (Å²) in [4.78, 5) is 38.3. The Morgan fingerprint density at radius 3 is 2.56 bits per heavy atom. The van der Waals surface area contributed by atoms with Gasteiger partial charge < -0.3 is 15.5 Å². The standard InChI is InChI=1S/C20H28BrN3O3/c1-2-3-4-10-22-19(26)15-8-11-24(12-9-15)18(25)14-23-20(27)16-6-5-7-17(21)13-16/h5-7,13,15H,2-4,8-12,14H2,1H3,(H,22,26)(H,23,27). The Labute approximate surface area is 169 Å². The van der Waals surface area contributed by atoms with E-state index in [1.165, 1.54) is 0 Å². The van der Waals surface area contributed by atoms with Crippen LogP contribution in [0.3, 0.4) is 0 Å². The molecule has 0 unspecified atom stereocenters. The van der Waals surface area contributed by atoms with Crippen molar-refractivity contribution in [2.45, 2.75) is 39.0 Å². The van der Waals surface area contributed by atoms with Crippen molar-refractivity contribution in [3.8, 4) is 0 Å². The van der Waals surface area contributed by atoms with Crippen molar-refractivity contribution in [1.82, 2.24) is 15.5 Å². The number of rotatable bonds is 8. The smallest absolute Gasteiger partial charge is 0.251 e. The zero-order valence-corrected chi connectivity index (χ0v) is 17.4. The van der Waals surface area contributed by atoms with E-state index in [9.17, 15) is 14.4 Å². The van der Waals surface area contributed by atoms with Crippen LogP contribution in [0.25, 0.3) is 0 Å². The summed E-state index contributed by atoms with van der Waals surface area (Å²) in [5.74, 6) is -0.306. The summed E-state index contributed by atoms with van der Waals surface area (Å²) >= 11 is 3.33. The van der Waals surface area contributed by atoms with Crippen LogP contribution >= 0.6 is 15.9 Å². The Balaban J connectivity index is 1.70. The van der Waals surface area contributed by atoms with E-state index < -0.39 is 0 Å². The molecule has 7 heteroatoms. The predicted molar refractivity (Wildman–Crippen MR) is 108 cm³/mol. The zero-order valence-electron chi connectivity index (χ0n) is 15.8. The minimum atomic E-state index is -0.272. The highest BCUT2D eigenvalue weighted by Crippen LogP contribution is 2.17. The second kappa shape index (κ2) is 11.1. The number of hydrogen-bond donors (Lipinski definition) is 2. The fraction of sp³-hybridized carbons (Fsp3) is 0.550. The third-order valence-electron chi connectivity index (χ3n) is 4.78. The molecule has 1 heterocycles. The van der Waals surface area contributed by atoms with Gasteiger partial charge in [-0.2, -0.15) is 0 Å². The van der Waals surface area contributed by atoms with E-state index in [4.69, 9.17) is 0 Å². The van der Waals surface area contributed by atoms with Gasteiger partial charge in [0.25, 0.3) is 5.91 Å². The van der Waals surface area contributed by atoms with E-state index in [-0.39, 0.29) is 30.2 Å². The van der Waals surface area contributed by atoms with Crippen LogP contribution in [0.2, 0.25) is 0 Å². The number of benzene rings is 1. The Bertz CT molecular complexity index is 658. The highest BCUT2D eigenvalue weighted by Gasteiger charge is 2.27. The van der Waals surface area contributed by atoms with Crippen molar-refractivity contribution in [2.24, 2.45) is 5.92 Å². The number of piperidine rings is 1. The fourth-order valence-electron chi connectivity index (χ4n) is 3.12. The minimum Gasteiger partial charge on any atom is -0.356 e. The Hall–Kier alpha value is -1.89. The Kier molecular flexibility index (Phi) is 8.78. The molecule has 1 aliphatic rings. The molecule has 27 heavy (non-hydrogen) atoms. The van der Waals surface area contributed by atoms with Crippen LogP contribution in [0, 0.1) is 5.92 Å². The molecule has 2 rings (SSSR count). The summed E-state index contributed by atoms with van der Waals surface area (Å²) in [5, 5.41) is 5.66. The lowest BCUT2D eigenvalue weighted by Gasteiger charge is -2.31. The lowest BCUT2D eigenvalue weighted by Crippen LogP contribution is -2.46. The first-order valence-electron chi connectivity index (χ1n) is 9.60. The minimum absolute atomic E-state index is 0.0214. The molecule has 148 valence electrons. The number of halogens is 1. The van der Waals surface area contributed by atoms with E-state index >= 15 is 0 Å². The van der Waals surface area contributed by atoms with E-state index in [0.29, 0.717) is 31.5 Å². The summed E-state index contributed by atoms with van der Waals surface area (Å²) in [6.45, 7) is 3.94. The maximum atomic E-state index is 12.3. The number of nitrogens with one attached hydrogen (secondary N) is 2. The monoisotopic (exact) mass is 437 g/mol. The first kappa shape index (κ1) is 21.4. The number of nitrogens with zero attached hydrogens (tertiary/aromatic N) is 1. The van der Waals surface area contributed by atoms with Crippen LogP contribution in [0.15, 0.2) is 28.7 Å². The van der Waals surface area contributed by atoms with E-state index in [1.54, 1.807) is 23.1 Å². The van der Waals surface area contributed by atoms with Gasteiger partial charge >= 0.3 is 0 Å². The number of likely N-dealkylation sites (tertiary alicyclic amines) is 1. The highest BCUT2D eigenvalue weighted by molar-refractivity contribution is 9.10. The van der Waals surface area contributed by atoms with Gasteiger partial charge in [0.15, 0.2) is 0 Å². The average Bonchev–Trinajstić information content (AvgIpc) is 2.69. The number of carbonyl (C=O) groups excluding carboxylic acids is 3. The first-order chi connectivity index (χ1) is 13.0. The number of amides is 3. The van der Waals surface area contributed by atoms with Crippen LogP contribution in [-0.4, -0.2) is 48.8 Å². The largest absolute Gasteiger partial charge is 0.356 e. The molecule has 0 aliphatic carbocycles. The lowest BCUT2D eigenvalue weighted by atomic mass is 9.96. The van der Waals surface area contributed by atoms with Gasteiger partial charge in [-0.05, 0) is 37.5 Å². The van der Waals surface area contributed by atoms with Gasteiger partial charge in [0, 0.05) is 35.6 Å². The van der Waals surface area contributed by atoms with Crippen molar-refractivity contribution < 1.29 is 14.4 Å². The van der Waals surface area contributed by atoms with Gasteiger partial charge in [0.1, 0.15) is 0 Å². The van der Waals surface area contributed by atoms with E-state index in [0.717, 1.165) is 30.3 Å². The topological polar surface area (TPSA) is 78.5 Å². The molecular weight excluding hydrogens is 410 g/mol. The van der Waals surface area contributed by atoms with Gasteiger partial charge in [-0.25, -0.2) is 0 Å². The van der Waals surface area contributed by atoms with Crippen molar-refractivity contribution in [3.63, 3.8) is 0 Å². The summed E-state index contributed by atoms with van der Waals surface area (Å²) in [7, 11) is 0. The summed E-state index contributed by atoms with van der Waals surface area (Å²) < 4.78 is 0.816. The molecule has 0 saturated carbocycles. The molecule has 0 spiro atoms. The SMILES string of the molecule is CCCCCNC(=O)C1CCN(C(=O)CNC(=O)c2cccc(Br)c2)CC1. The van der Waals surface area contributed by atoms with Crippen molar-refractivity contribution in [3.05, 3.63) is 34.3 Å². The Morgan fingerprint density at radius 1 is 1.15 bits per heavy atom. The lowest BCUT2D eigenvalue weighted by molar-refractivity contribution is -0.134. The quantitative estimate of drug-likeness (QED) is 0.613. The second-order valence-corrected chi connectivity index (χ2v) is 7.76. The zero-order chi connectivity index (χ0) is 19.6. The molecule has 0 atom stereocenters. The van der Waals surface area contributed by atoms with E-state index in [2.05, 4.69) is 33.5 Å². The summed E-state index contributed by atoms with van der Waals surface area (Å²) in [6, 6.07) is 7.03. The normalized spacial score (nSPS) is 14.7. The van der Waals surface area contributed by atoms with Crippen LogP contribution in [-0.2, 0) is 9.59 Å². The van der Waals surface area contributed by atoms with Crippen LogP contribution in [0.5, 0.6) is 0 Å². The van der Waals surface area contributed by atoms with Gasteiger partial charge in [-0.1, -0.05) is 41.8 Å². The van der Waals surface area contributed by atoms with Gasteiger partial charge in [0.2, 0.25) is 11.8 Å². The van der Waals surface area contributed by atoms with Gasteiger partial charge in [-0.3, -0.25) is 14.4 Å². The van der Waals surface area contributed by atoms with Crippen molar-refractivity contribution in [2.75, 3.05) is 26.2 Å². The van der Waals surface area contributed by atoms with Crippen molar-refractivity contribution >= 4 is 33.7 Å². The van der Waals surface area contributed by atoms with Gasteiger partial charge in [-0.15, -0.1) is 0 Å². The van der Waals surface area contributed by atoms with Crippen molar-refractivity contribution in [1.29, 1.82) is 0 Å². The molecule has 6 nitrogen and oxygen atoms in total. The van der Waals surface area contributed by atoms with Crippen LogP contribution in [0.4, 0.5) is 0 Å². The first-order valence-corrected chi connectivity index (χ1v) is 10.4. The Morgan fingerprint density at radius 2 is 1.89 bits per heavy atom. The molecule has 0 radical (unpaired) electrons. The molecule has 1 fully saturated rings. The molecule has 1 saturated heterocycles. The second-order valence-electron chi connectivity index (χ2n) is 6.85. The third kappa shape index (κ3) is 6.97. The molecule has 0 bridgehead atoms. The third-order valence-corrected chi connectivity index (χ3v) is 5.28. The molecule has 1 aliphatic heterocycles. The summed E-state index contributed by atoms with van der Waals surface area (Å²) in [5.41, 5.74) is 0.510. The maximum absolute atomic E-state index is 12.3. The number of hydrogen-bond acceptors (Lipinski definition) is 3. The molecule has 1 aromatic carbocycles. The molecule has 2 N–H and O–H groups in total. The molecule has 1 aromatic rings. The molecular formula is C20H28BrN3O3. The average molecular weight is 438 g/mol.